The molecule has 1 aliphatic heterocycles. The molecule has 158 valence electrons. The van der Waals surface area contributed by atoms with E-state index >= 15 is 0 Å². The predicted octanol–water partition coefficient (Wildman–Crippen LogP) is 1.68. The zero-order valence-corrected chi connectivity index (χ0v) is 16.9. The lowest BCUT2D eigenvalue weighted by Crippen LogP contribution is -2.51. The van der Waals surface area contributed by atoms with E-state index in [9.17, 15) is 19.2 Å². The molecule has 1 saturated heterocycles. The number of Topliss-reactive ketones (excluding diaryl/α,β-unsaturated/α-hetero) is 1. The Hall–Kier alpha value is -2.90. The standard InChI is InChI=1S/C21H29N3O5/c1-3-7-17(24-21(28)29-13-15-8-5-4-6-9-15)20(27)23-18(14(2)25)12-16-10-11-22-19(16)26/h4-6,8-9,16-18H,3,7,10-13H2,1-2H3,(H,22,26)(H,23,27)(H,24,28)/t16-,17-,18-/m0/s1. The van der Waals surface area contributed by atoms with Gasteiger partial charge in [-0.1, -0.05) is 43.7 Å². The van der Waals surface area contributed by atoms with Gasteiger partial charge in [-0.15, -0.1) is 0 Å². The number of ether oxygens (including phenoxy) is 1. The molecular weight excluding hydrogens is 374 g/mol. The van der Waals surface area contributed by atoms with Gasteiger partial charge in [0.05, 0.1) is 6.04 Å². The van der Waals surface area contributed by atoms with Gasteiger partial charge in [0.1, 0.15) is 12.6 Å². The molecule has 1 aromatic rings. The van der Waals surface area contributed by atoms with E-state index in [4.69, 9.17) is 4.74 Å². The first-order valence-corrected chi connectivity index (χ1v) is 9.96. The number of alkyl carbamates (subject to hydrolysis) is 1. The molecule has 0 radical (unpaired) electrons. The molecule has 3 N–H and O–H groups in total. The van der Waals surface area contributed by atoms with E-state index in [2.05, 4.69) is 16.0 Å². The molecule has 0 aromatic heterocycles. The van der Waals surface area contributed by atoms with Gasteiger partial charge in [0.15, 0.2) is 5.78 Å². The first kappa shape index (κ1) is 22.4. The molecule has 3 amide bonds. The van der Waals surface area contributed by atoms with Gasteiger partial charge in [-0.3, -0.25) is 14.4 Å². The van der Waals surface area contributed by atoms with Crippen LogP contribution in [0.3, 0.4) is 0 Å². The monoisotopic (exact) mass is 403 g/mol. The average Bonchev–Trinajstić information content (AvgIpc) is 3.10. The largest absolute Gasteiger partial charge is 0.445 e. The highest BCUT2D eigenvalue weighted by Crippen LogP contribution is 2.17. The summed E-state index contributed by atoms with van der Waals surface area (Å²) in [6.45, 7) is 3.95. The molecule has 29 heavy (non-hydrogen) atoms. The van der Waals surface area contributed by atoms with Gasteiger partial charge in [0, 0.05) is 12.5 Å². The number of carbonyl (C=O) groups is 4. The number of rotatable bonds is 10. The summed E-state index contributed by atoms with van der Waals surface area (Å²) in [5.41, 5.74) is 0.839. The van der Waals surface area contributed by atoms with Crippen molar-refractivity contribution < 1.29 is 23.9 Å². The Morgan fingerprint density at radius 2 is 1.90 bits per heavy atom. The summed E-state index contributed by atoms with van der Waals surface area (Å²) >= 11 is 0. The van der Waals surface area contributed by atoms with Crippen LogP contribution >= 0.6 is 0 Å². The first-order chi connectivity index (χ1) is 13.9. The molecule has 0 unspecified atom stereocenters. The smallest absolute Gasteiger partial charge is 0.408 e. The molecule has 2 rings (SSSR count). The van der Waals surface area contributed by atoms with E-state index in [1.54, 1.807) is 0 Å². The van der Waals surface area contributed by atoms with E-state index in [0.29, 0.717) is 25.8 Å². The molecule has 8 nitrogen and oxygen atoms in total. The van der Waals surface area contributed by atoms with E-state index in [-0.39, 0.29) is 30.6 Å². The minimum absolute atomic E-state index is 0.0972. The van der Waals surface area contributed by atoms with Crippen LogP contribution in [-0.4, -0.2) is 42.3 Å². The normalized spacial score (nSPS) is 17.7. The molecule has 1 aromatic carbocycles. The molecular formula is C21H29N3O5. The van der Waals surface area contributed by atoms with Crippen LogP contribution in [-0.2, 0) is 25.7 Å². The Morgan fingerprint density at radius 1 is 1.17 bits per heavy atom. The lowest BCUT2D eigenvalue weighted by atomic mass is 9.96. The summed E-state index contributed by atoms with van der Waals surface area (Å²) in [6.07, 6.45) is 1.26. The quantitative estimate of drug-likeness (QED) is 0.550. The van der Waals surface area contributed by atoms with Gasteiger partial charge in [-0.2, -0.15) is 0 Å². The van der Waals surface area contributed by atoms with Gasteiger partial charge in [-0.25, -0.2) is 4.79 Å². The fourth-order valence-corrected chi connectivity index (χ4v) is 3.22. The Bertz CT molecular complexity index is 722. The fourth-order valence-electron chi connectivity index (χ4n) is 3.22. The minimum atomic E-state index is -0.817. The summed E-state index contributed by atoms with van der Waals surface area (Å²) in [4.78, 5) is 48.6. The van der Waals surface area contributed by atoms with Crippen molar-refractivity contribution in [1.82, 2.24) is 16.0 Å². The second-order valence-corrected chi connectivity index (χ2v) is 7.23. The van der Waals surface area contributed by atoms with Crippen molar-refractivity contribution in [3.63, 3.8) is 0 Å². The van der Waals surface area contributed by atoms with Crippen LogP contribution in [0.5, 0.6) is 0 Å². The van der Waals surface area contributed by atoms with Crippen molar-refractivity contribution in [1.29, 1.82) is 0 Å². The van der Waals surface area contributed by atoms with Gasteiger partial charge in [-0.05, 0) is 31.7 Å². The summed E-state index contributed by atoms with van der Waals surface area (Å²) in [5, 5.41) is 7.99. The van der Waals surface area contributed by atoms with Crippen molar-refractivity contribution >= 4 is 23.7 Å². The van der Waals surface area contributed by atoms with Gasteiger partial charge < -0.3 is 20.7 Å². The molecule has 0 aliphatic carbocycles. The molecule has 0 spiro atoms. The number of benzene rings is 1. The number of hydrogen-bond donors (Lipinski definition) is 3. The third kappa shape index (κ3) is 7.21. The second-order valence-electron chi connectivity index (χ2n) is 7.23. The lowest BCUT2D eigenvalue weighted by Gasteiger charge is -2.23. The molecule has 1 heterocycles. The number of amides is 3. The third-order valence-corrected chi connectivity index (χ3v) is 4.89. The Morgan fingerprint density at radius 3 is 2.48 bits per heavy atom. The Kier molecular flexibility index (Phi) is 8.64. The highest BCUT2D eigenvalue weighted by atomic mass is 16.5. The van der Waals surface area contributed by atoms with Crippen LogP contribution < -0.4 is 16.0 Å². The van der Waals surface area contributed by atoms with Crippen LogP contribution in [0.2, 0.25) is 0 Å². The van der Waals surface area contributed by atoms with E-state index in [1.165, 1.54) is 6.92 Å². The molecule has 1 fully saturated rings. The maximum absolute atomic E-state index is 12.7. The van der Waals surface area contributed by atoms with E-state index in [0.717, 1.165) is 5.56 Å². The molecule has 0 saturated carbocycles. The summed E-state index contributed by atoms with van der Waals surface area (Å²) < 4.78 is 5.18. The van der Waals surface area contributed by atoms with Crippen LogP contribution in [0, 0.1) is 5.92 Å². The Labute approximate surface area is 170 Å². The number of nitrogens with one attached hydrogen (secondary N) is 3. The number of ketones is 1. The van der Waals surface area contributed by atoms with Crippen molar-refractivity contribution in [3.8, 4) is 0 Å². The average molecular weight is 403 g/mol. The van der Waals surface area contributed by atoms with Crippen LogP contribution in [0.1, 0.15) is 45.1 Å². The minimum Gasteiger partial charge on any atom is -0.445 e. The van der Waals surface area contributed by atoms with Crippen LogP contribution in [0.15, 0.2) is 30.3 Å². The van der Waals surface area contributed by atoms with Crippen molar-refractivity contribution in [2.75, 3.05) is 6.54 Å². The maximum Gasteiger partial charge on any atom is 0.408 e. The summed E-state index contributed by atoms with van der Waals surface area (Å²) in [5.74, 6) is -1.07. The molecule has 8 heteroatoms. The van der Waals surface area contributed by atoms with Gasteiger partial charge in [0.2, 0.25) is 11.8 Å². The zero-order valence-electron chi connectivity index (χ0n) is 16.9. The fraction of sp³-hybridized carbons (Fsp3) is 0.524. The highest BCUT2D eigenvalue weighted by molar-refractivity contribution is 5.91. The predicted molar refractivity (Wildman–Crippen MR) is 107 cm³/mol. The van der Waals surface area contributed by atoms with E-state index in [1.807, 2.05) is 37.3 Å². The Balaban J connectivity index is 1.91. The zero-order chi connectivity index (χ0) is 21.2. The SMILES string of the molecule is CCC[C@H](NC(=O)OCc1ccccc1)C(=O)N[C@@H](C[C@@H]1CCNC1=O)C(C)=O. The molecule has 1 aliphatic rings. The van der Waals surface area contributed by atoms with Gasteiger partial charge in [0.25, 0.3) is 0 Å². The van der Waals surface area contributed by atoms with Gasteiger partial charge >= 0.3 is 6.09 Å². The first-order valence-electron chi connectivity index (χ1n) is 9.96. The topological polar surface area (TPSA) is 114 Å². The molecule has 3 atom stereocenters. The number of carbonyl (C=O) groups excluding carboxylic acids is 4. The molecule has 0 bridgehead atoms. The highest BCUT2D eigenvalue weighted by Gasteiger charge is 2.31. The summed E-state index contributed by atoms with van der Waals surface area (Å²) in [6, 6.07) is 7.64. The van der Waals surface area contributed by atoms with Crippen molar-refractivity contribution in [3.05, 3.63) is 35.9 Å². The lowest BCUT2D eigenvalue weighted by molar-refractivity contribution is -0.129. The third-order valence-electron chi connectivity index (χ3n) is 4.89. The van der Waals surface area contributed by atoms with Crippen molar-refractivity contribution in [2.24, 2.45) is 5.92 Å². The van der Waals surface area contributed by atoms with E-state index < -0.39 is 24.1 Å². The van der Waals surface area contributed by atoms with Crippen molar-refractivity contribution in [2.45, 2.75) is 58.2 Å². The summed E-state index contributed by atoms with van der Waals surface area (Å²) in [7, 11) is 0. The second kappa shape index (κ2) is 11.2. The van der Waals surface area contributed by atoms with Crippen LogP contribution in [0.25, 0.3) is 0 Å². The number of hydrogen-bond acceptors (Lipinski definition) is 5. The maximum atomic E-state index is 12.7. The van der Waals surface area contributed by atoms with Crippen LogP contribution in [0.4, 0.5) is 4.79 Å².